The Bertz CT molecular complexity index is 494. The molecule has 1 aromatic carbocycles. The van der Waals surface area contributed by atoms with Crippen LogP contribution in [-0.4, -0.2) is 41.5 Å². The smallest absolute Gasteiger partial charge is 0.246 e. The zero-order valence-electron chi connectivity index (χ0n) is 12.0. The molecule has 0 aromatic heterocycles. The second-order valence-electron chi connectivity index (χ2n) is 4.62. The van der Waals surface area contributed by atoms with Crippen LogP contribution in [0.3, 0.4) is 0 Å². The zero-order valence-corrected chi connectivity index (χ0v) is 12.0. The van der Waals surface area contributed by atoms with E-state index in [1.54, 1.807) is 32.2 Å². The first-order valence-electron chi connectivity index (χ1n) is 6.37. The van der Waals surface area contributed by atoms with Crippen LogP contribution in [0, 0.1) is 0 Å². The molecule has 1 aromatic rings. The van der Waals surface area contributed by atoms with E-state index in [4.69, 9.17) is 5.11 Å². The Balaban J connectivity index is 2.66. The summed E-state index contributed by atoms with van der Waals surface area (Å²) < 4.78 is 0. The number of nitrogens with zero attached hydrogens (tertiary/aromatic N) is 1. The van der Waals surface area contributed by atoms with Gasteiger partial charge in [0.25, 0.3) is 0 Å². The molecule has 1 atom stereocenters. The first kappa shape index (κ1) is 15.9. The lowest BCUT2D eigenvalue weighted by atomic mass is 10.2. The molecule has 0 saturated carbocycles. The van der Waals surface area contributed by atoms with Gasteiger partial charge in [0, 0.05) is 25.7 Å². The summed E-state index contributed by atoms with van der Waals surface area (Å²) in [6, 6.07) is 6.95. The molecule has 108 valence electrons. The molecule has 0 aliphatic rings. The highest BCUT2D eigenvalue weighted by Crippen LogP contribution is 2.11. The Morgan fingerprint density at radius 2 is 1.95 bits per heavy atom. The van der Waals surface area contributed by atoms with Gasteiger partial charge in [0.2, 0.25) is 11.8 Å². The molecule has 1 unspecified atom stereocenters. The minimum absolute atomic E-state index is 0.0680. The first-order valence-corrected chi connectivity index (χ1v) is 6.37. The van der Waals surface area contributed by atoms with Gasteiger partial charge in [-0.15, -0.1) is 0 Å². The van der Waals surface area contributed by atoms with Crippen LogP contribution < -0.4 is 5.32 Å². The number of rotatable bonds is 5. The Morgan fingerprint density at radius 3 is 2.45 bits per heavy atom. The van der Waals surface area contributed by atoms with Crippen molar-refractivity contribution in [1.82, 2.24) is 4.90 Å². The van der Waals surface area contributed by atoms with E-state index in [0.29, 0.717) is 5.69 Å². The van der Waals surface area contributed by atoms with Crippen LogP contribution >= 0.6 is 0 Å². The minimum Gasteiger partial charge on any atom is -0.394 e. The fraction of sp³-hybridized carbons (Fsp3) is 0.333. The van der Waals surface area contributed by atoms with Gasteiger partial charge in [0.1, 0.15) is 0 Å². The van der Waals surface area contributed by atoms with Gasteiger partial charge in [-0.1, -0.05) is 12.1 Å². The fourth-order valence-electron chi connectivity index (χ4n) is 1.51. The molecular formula is C15H20N2O3. The van der Waals surface area contributed by atoms with Gasteiger partial charge < -0.3 is 15.3 Å². The van der Waals surface area contributed by atoms with Crippen molar-refractivity contribution in [3.8, 4) is 0 Å². The van der Waals surface area contributed by atoms with E-state index in [1.165, 1.54) is 17.9 Å². The van der Waals surface area contributed by atoms with Crippen molar-refractivity contribution >= 4 is 23.6 Å². The normalized spacial score (nSPS) is 12.2. The molecule has 20 heavy (non-hydrogen) atoms. The standard InChI is InChI=1S/C15H20N2O3/c1-11(10-18)17(3)15(20)9-6-13-4-7-14(8-5-13)16-12(2)19/h4-9,11,18H,10H2,1-3H3,(H,16,19)/b9-6+. The summed E-state index contributed by atoms with van der Waals surface area (Å²) in [5, 5.41) is 11.7. The molecule has 0 aliphatic carbocycles. The number of aliphatic hydroxyl groups excluding tert-OH is 1. The lowest BCUT2D eigenvalue weighted by Crippen LogP contribution is -2.36. The van der Waals surface area contributed by atoms with Crippen LogP contribution in [0.5, 0.6) is 0 Å². The van der Waals surface area contributed by atoms with Crippen molar-refractivity contribution in [2.45, 2.75) is 19.9 Å². The van der Waals surface area contributed by atoms with E-state index in [9.17, 15) is 9.59 Å². The molecule has 5 heteroatoms. The highest BCUT2D eigenvalue weighted by Gasteiger charge is 2.11. The lowest BCUT2D eigenvalue weighted by Gasteiger charge is -2.21. The number of hydrogen-bond acceptors (Lipinski definition) is 3. The number of anilines is 1. The van der Waals surface area contributed by atoms with Gasteiger partial charge >= 0.3 is 0 Å². The van der Waals surface area contributed by atoms with Crippen molar-refractivity contribution < 1.29 is 14.7 Å². The van der Waals surface area contributed by atoms with Gasteiger partial charge in [-0.25, -0.2) is 0 Å². The molecule has 1 rings (SSSR count). The quantitative estimate of drug-likeness (QED) is 0.801. The third kappa shape index (κ3) is 4.85. The second kappa shape index (κ2) is 7.45. The molecule has 2 N–H and O–H groups in total. The number of carbonyl (C=O) groups is 2. The molecule has 0 saturated heterocycles. The Morgan fingerprint density at radius 1 is 1.35 bits per heavy atom. The summed E-state index contributed by atoms with van der Waals surface area (Å²) in [6.07, 6.45) is 3.15. The third-order valence-electron chi connectivity index (χ3n) is 2.92. The van der Waals surface area contributed by atoms with Crippen LogP contribution in [0.4, 0.5) is 5.69 Å². The predicted molar refractivity (Wildman–Crippen MR) is 79.1 cm³/mol. The summed E-state index contributed by atoms with van der Waals surface area (Å²) >= 11 is 0. The highest BCUT2D eigenvalue weighted by molar-refractivity contribution is 5.92. The van der Waals surface area contributed by atoms with E-state index >= 15 is 0 Å². The SMILES string of the molecule is CC(=O)Nc1ccc(/C=C/C(=O)N(C)C(C)CO)cc1. The monoisotopic (exact) mass is 276 g/mol. The van der Waals surface area contributed by atoms with Gasteiger partial charge in [-0.05, 0) is 30.7 Å². The number of benzene rings is 1. The number of aliphatic hydroxyl groups is 1. The Labute approximate surface area is 118 Å². The Kier molecular flexibility index (Phi) is 5.93. The summed E-state index contributed by atoms with van der Waals surface area (Å²) in [4.78, 5) is 24.2. The molecule has 5 nitrogen and oxygen atoms in total. The first-order chi connectivity index (χ1) is 9.43. The predicted octanol–water partition coefficient (Wildman–Crippen LogP) is 1.50. The van der Waals surface area contributed by atoms with E-state index in [0.717, 1.165) is 5.56 Å². The zero-order chi connectivity index (χ0) is 15.1. The molecule has 2 amide bonds. The molecule has 0 fully saturated rings. The topological polar surface area (TPSA) is 69.6 Å². The van der Waals surface area contributed by atoms with Gasteiger partial charge in [-0.3, -0.25) is 9.59 Å². The Hall–Kier alpha value is -2.14. The number of amides is 2. The maximum atomic E-state index is 11.8. The van der Waals surface area contributed by atoms with Gasteiger partial charge in [0.05, 0.1) is 12.6 Å². The average molecular weight is 276 g/mol. The van der Waals surface area contributed by atoms with Gasteiger partial charge in [-0.2, -0.15) is 0 Å². The van der Waals surface area contributed by atoms with Crippen molar-refractivity contribution in [1.29, 1.82) is 0 Å². The number of carbonyl (C=O) groups excluding carboxylic acids is 2. The highest BCUT2D eigenvalue weighted by atomic mass is 16.3. The molecule has 0 heterocycles. The largest absolute Gasteiger partial charge is 0.394 e. The van der Waals surface area contributed by atoms with E-state index in [-0.39, 0.29) is 24.5 Å². The minimum atomic E-state index is -0.214. The average Bonchev–Trinajstić information content (AvgIpc) is 2.44. The van der Waals surface area contributed by atoms with Crippen LogP contribution in [0.25, 0.3) is 6.08 Å². The maximum absolute atomic E-state index is 11.8. The summed E-state index contributed by atoms with van der Waals surface area (Å²) in [6.45, 7) is 3.15. The van der Waals surface area contributed by atoms with Crippen LogP contribution in [0.2, 0.25) is 0 Å². The summed E-state index contributed by atoms with van der Waals surface area (Å²) in [7, 11) is 1.65. The van der Waals surface area contributed by atoms with Crippen LogP contribution in [-0.2, 0) is 9.59 Å². The van der Waals surface area contributed by atoms with E-state index in [2.05, 4.69) is 5.32 Å². The number of hydrogen-bond donors (Lipinski definition) is 2. The number of nitrogens with one attached hydrogen (secondary N) is 1. The van der Waals surface area contributed by atoms with Crippen molar-refractivity contribution in [3.63, 3.8) is 0 Å². The lowest BCUT2D eigenvalue weighted by molar-refractivity contribution is -0.127. The molecule has 0 aliphatic heterocycles. The number of likely N-dealkylation sites (N-methyl/N-ethyl adjacent to an activating group) is 1. The van der Waals surface area contributed by atoms with E-state index in [1.807, 2.05) is 12.1 Å². The van der Waals surface area contributed by atoms with Crippen LogP contribution in [0.1, 0.15) is 19.4 Å². The molecular weight excluding hydrogens is 256 g/mol. The molecule has 0 radical (unpaired) electrons. The summed E-state index contributed by atoms with van der Waals surface area (Å²) in [5.74, 6) is -0.291. The van der Waals surface area contributed by atoms with Crippen molar-refractivity contribution in [2.24, 2.45) is 0 Å². The second-order valence-corrected chi connectivity index (χ2v) is 4.62. The maximum Gasteiger partial charge on any atom is 0.246 e. The molecule has 0 bridgehead atoms. The summed E-state index contributed by atoms with van der Waals surface area (Å²) in [5.41, 5.74) is 1.57. The van der Waals surface area contributed by atoms with Crippen molar-refractivity contribution in [3.05, 3.63) is 35.9 Å². The third-order valence-corrected chi connectivity index (χ3v) is 2.92. The fourth-order valence-corrected chi connectivity index (χ4v) is 1.51. The van der Waals surface area contributed by atoms with Crippen molar-refractivity contribution in [2.75, 3.05) is 19.0 Å². The molecule has 0 spiro atoms. The van der Waals surface area contributed by atoms with Gasteiger partial charge in [0.15, 0.2) is 0 Å². The van der Waals surface area contributed by atoms with Crippen LogP contribution in [0.15, 0.2) is 30.3 Å². The van der Waals surface area contributed by atoms with E-state index < -0.39 is 0 Å².